The van der Waals surface area contributed by atoms with Crippen LogP contribution in [0.1, 0.15) is 18.4 Å². The summed E-state index contributed by atoms with van der Waals surface area (Å²) in [5.74, 6) is -0.0390. The van der Waals surface area contributed by atoms with Crippen molar-refractivity contribution in [3.63, 3.8) is 0 Å². The maximum Gasteiger partial charge on any atom is 0.573 e. The van der Waals surface area contributed by atoms with E-state index in [0.717, 1.165) is 12.8 Å². The summed E-state index contributed by atoms with van der Waals surface area (Å²) in [6.45, 7) is 2.33. The first-order valence-corrected chi connectivity index (χ1v) is 11.3. The highest BCUT2D eigenvalue weighted by Crippen LogP contribution is 2.33. The number of hydrogen-bond donors (Lipinski definition) is 2. The average Bonchev–Trinajstić information content (AvgIpc) is 3.11. The second kappa shape index (κ2) is 9.89. The lowest BCUT2D eigenvalue weighted by molar-refractivity contribution is -0.274. The van der Waals surface area contributed by atoms with Crippen molar-refractivity contribution >= 4 is 29.3 Å². The molecule has 10 heteroatoms. The largest absolute Gasteiger partial charge is 0.573 e. The summed E-state index contributed by atoms with van der Waals surface area (Å²) < 4.78 is 40.6. The molecular formula is C25H25F3N4O3. The number of carbonyl (C=O) groups excluding carboxylic acids is 2. The number of rotatable bonds is 4. The van der Waals surface area contributed by atoms with Crippen LogP contribution < -0.4 is 4.74 Å². The minimum absolute atomic E-state index is 0.0251. The van der Waals surface area contributed by atoms with E-state index in [1.807, 2.05) is 0 Å². The van der Waals surface area contributed by atoms with Crippen molar-refractivity contribution in [2.24, 2.45) is 11.8 Å². The van der Waals surface area contributed by atoms with Crippen molar-refractivity contribution in [3.05, 3.63) is 59.7 Å². The highest BCUT2D eigenvalue weighted by molar-refractivity contribution is 6.49. The van der Waals surface area contributed by atoms with Gasteiger partial charge in [0.15, 0.2) is 0 Å². The minimum Gasteiger partial charge on any atom is -0.406 e. The number of amides is 2. The number of likely N-dealkylation sites (tertiary alicyclic amines) is 2. The van der Waals surface area contributed by atoms with Crippen molar-refractivity contribution in [1.82, 2.24) is 9.80 Å². The highest BCUT2D eigenvalue weighted by atomic mass is 19.4. The summed E-state index contributed by atoms with van der Waals surface area (Å²) in [5.41, 5.74) is 1.11. The van der Waals surface area contributed by atoms with Crippen molar-refractivity contribution in [1.29, 1.82) is 10.8 Å². The smallest absolute Gasteiger partial charge is 0.406 e. The molecule has 1 aromatic rings. The summed E-state index contributed by atoms with van der Waals surface area (Å²) >= 11 is 0. The fourth-order valence-electron chi connectivity index (χ4n) is 4.65. The Kier molecular flexibility index (Phi) is 6.90. The number of allylic oxidation sites excluding steroid dienone is 2. The van der Waals surface area contributed by atoms with Gasteiger partial charge in [-0.05, 0) is 66.7 Å². The van der Waals surface area contributed by atoms with Crippen LogP contribution in [-0.4, -0.2) is 65.6 Å². The number of nitrogens with one attached hydrogen (secondary N) is 2. The molecule has 1 aliphatic carbocycles. The Morgan fingerprint density at radius 2 is 1.57 bits per heavy atom. The quantitative estimate of drug-likeness (QED) is 0.500. The topological polar surface area (TPSA) is 97.6 Å². The van der Waals surface area contributed by atoms with Crippen LogP contribution >= 0.6 is 0 Å². The van der Waals surface area contributed by atoms with Crippen LogP contribution in [0.5, 0.6) is 5.75 Å². The lowest BCUT2D eigenvalue weighted by Gasteiger charge is -2.22. The third kappa shape index (κ3) is 6.06. The van der Waals surface area contributed by atoms with Gasteiger partial charge in [0.25, 0.3) is 5.91 Å². The molecule has 1 aromatic carbocycles. The highest BCUT2D eigenvalue weighted by Gasteiger charge is 2.38. The maximum absolute atomic E-state index is 12.9. The molecule has 0 spiro atoms. The molecule has 2 N–H and O–H groups in total. The summed E-state index contributed by atoms with van der Waals surface area (Å²) in [7, 11) is 0. The van der Waals surface area contributed by atoms with E-state index in [1.165, 1.54) is 42.5 Å². The lowest BCUT2D eigenvalue weighted by atomic mass is 9.92. The molecule has 2 amide bonds. The monoisotopic (exact) mass is 486 g/mol. The number of ether oxygens (including phenoxy) is 1. The van der Waals surface area contributed by atoms with E-state index in [0.29, 0.717) is 37.3 Å². The number of carbonyl (C=O) groups is 2. The van der Waals surface area contributed by atoms with Crippen LogP contribution in [0.2, 0.25) is 0 Å². The normalized spacial score (nSPS) is 22.8. The Labute approximate surface area is 200 Å². The van der Waals surface area contributed by atoms with Gasteiger partial charge < -0.3 is 14.5 Å². The first-order chi connectivity index (χ1) is 16.6. The van der Waals surface area contributed by atoms with E-state index in [9.17, 15) is 22.8 Å². The zero-order chi connectivity index (χ0) is 25.2. The van der Waals surface area contributed by atoms with Gasteiger partial charge in [-0.2, -0.15) is 0 Å². The Bertz CT molecular complexity index is 1110. The molecule has 2 fully saturated rings. The second-order valence-electron chi connectivity index (χ2n) is 8.84. The molecule has 2 heterocycles. The molecule has 0 radical (unpaired) electrons. The fourth-order valence-corrected chi connectivity index (χ4v) is 4.65. The Morgan fingerprint density at radius 3 is 2.14 bits per heavy atom. The predicted molar refractivity (Wildman–Crippen MR) is 124 cm³/mol. The van der Waals surface area contributed by atoms with Crippen molar-refractivity contribution in [2.45, 2.75) is 19.2 Å². The van der Waals surface area contributed by atoms with Crippen LogP contribution in [0, 0.1) is 22.7 Å². The molecule has 3 aliphatic rings. The van der Waals surface area contributed by atoms with E-state index in [-0.39, 0.29) is 40.8 Å². The Hall–Kier alpha value is -3.69. The van der Waals surface area contributed by atoms with Gasteiger partial charge in [0.2, 0.25) is 5.91 Å². The summed E-state index contributed by atoms with van der Waals surface area (Å²) in [5, 5.41) is 15.4. The van der Waals surface area contributed by atoms with Crippen LogP contribution in [0.25, 0.3) is 6.08 Å². The number of hydrogen-bond acceptors (Lipinski definition) is 5. The van der Waals surface area contributed by atoms with Gasteiger partial charge in [-0.3, -0.25) is 20.4 Å². The third-order valence-electron chi connectivity index (χ3n) is 6.51. The average molecular weight is 486 g/mol. The molecule has 35 heavy (non-hydrogen) atoms. The number of halogens is 3. The van der Waals surface area contributed by atoms with E-state index in [2.05, 4.69) is 4.74 Å². The van der Waals surface area contributed by atoms with E-state index in [1.54, 1.807) is 22.0 Å². The summed E-state index contributed by atoms with van der Waals surface area (Å²) in [4.78, 5) is 29.1. The van der Waals surface area contributed by atoms with Gasteiger partial charge >= 0.3 is 6.36 Å². The Morgan fingerprint density at radius 1 is 0.943 bits per heavy atom. The first kappa shape index (κ1) is 24.4. The molecular weight excluding hydrogens is 461 g/mol. The van der Waals surface area contributed by atoms with Crippen molar-refractivity contribution in [2.75, 3.05) is 26.2 Å². The molecule has 0 aromatic heterocycles. The molecule has 2 atom stereocenters. The van der Waals surface area contributed by atoms with Gasteiger partial charge in [0.05, 0.1) is 11.4 Å². The van der Waals surface area contributed by atoms with Gasteiger partial charge in [0, 0.05) is 37.8 Å². The van der Waals surface area contributed by atoms with Gasteiger partial charge in [-0.1, -0.05) is 12.1 Å². The molecule has 2 unspecified atom stereocenters. The van der Waals surface area contributed by atoms with Crippen LogP contribution in [-0.2, 0) is 9.59 Å². The third-order valence-corrected chi connectivity index (χ3v) is 6.51. The SMILES string of the molecule is N=C1C=CC(C(=O)N2CC3CCN(C(=O)/C=C/c4ccc(OC(F)(F)F)cc4)CCC3C2)=CC1=N. The van der Waals surface area contributed by atoms with Gasteiger partial charge in [-0.25, -0.2) is 0 Å². The van der Waals surface area contributed by atoms with Crippen LogP contribution in [0.3, 0.4) is 0 Å². The molecule has 2 saturated heterocycles. The van der Waals surface area contributed by atoms with Crippen LogP contribution in [0.4, 0.5) is 13.2 Å². The van der Waals surface area contributed by atoms with Gasteiger partial charge in [-0.15, -0.1) is 13.2 Å². The summed E-state index contributed by atoms with van der Waals surface area (Å²) in [6.07, 6.45) is 4.26. The number of alkyl halides is 3. The Balaban J connectivity index is 1.29. The second-order valence-corrected chi connectivity index (χ2v) is 8.84. The fraction of sp³-hybridized carbons (Fsp3) is 0.360. The van der Waals surface area contributed by atoms with Crippen molar-refractivity contribution < 1.29 is 27.5 Å². The first-order valence-electron chi connectivity index (χ1n) is 11.3. The molecule has 0 saturated carbocycles. The molecule has 2 aliphatic heterocycles. The van der Waals surface area contributed by atoms with Crippen molar-refractivity contribution in [3.8, 4) is 5.75 Å². The molecule has 7 nitrogen and oxygen atoms in total. The standard InChI is InChI=1S/C25H25F3N4O3/c26-25(27,28)35-20-5-1-16(2-6-20)3-8-23(33)31-11-9-18-14-32(15-19(18)10-12-31)24(34)17-4-7-21(29)22(30)13-17/h1-8,13,18-19,29-30H,9-12,14-15H2/b8-3+,29-21?,30-22?. The molecule has 4 rings (SSSR count). The minimum atomic E-state index is -4.75. The number of fused-ring (bicyclic) bond motifs is 1. The van der Waals surface area contributed by atoms with E-state index in [4.69, 9.17) is 10.8 Å². The predicted octanol–water partition coefficient (Wildman–Crippen LogP) is 3.83. The summed E-state index contributed by atoms with van der Waals surface area (Å²) in [6, 6.07) is 5.29. The number of benzene rings is 1. The van der Waals surface area contributed by atoms with Gasteiger partial charge in [0.1, 0.15) is 5.75 Å². The zero-order valence-corrected chi connectivity index (χ0v) is 18.8. The van der Waals surface area contributed by atoms with E-state index < -0.39 is 6.36 Å². The maximum atomic E-state index is 12.9. The van der Waals surface area contributed by atoms with Crippen LogP contribution in [0.15, 0.2) is 54.1 Å². The zero-order valence-electron chi connectivity index (χ0n) is 18.8. The van der Waals surface area contributed by atoms with E-state index >= 15 is 0 Å². The lowest BCUT2D eigenvalue weighted by Crippen LogP contribution is -2.34. The molecule has 184 valence electrons. The number of nitrogens with zero attached hydrogens (tertiary/aromatic N) is 2. The molecule has 0 bridgehead atoms.